The van der Waals surface area contributed by atoms with Crippen LogP contribution in [0.1, 0.15) is 5.56 Å². The maximum atomic E-state index is 11.9. The van der Waals surface area contributed by atoms with Crippen LogP contribution in [0.25, 0.3) is 10.9 Å². The van der Waals surface area contributed by atoms with Gasteiger partial charge in [-0.15, -0.1) is 0 Å². The van der Waals surface area contributed by atoms with Gasteiger partial charge in [-0.1, -0.05) is 0 Å². The van der Waals surface area contributed by atoms with Crippen molar-refractivity contribution >= 4 is 32.5 Å². The Bertz CT molecular complexity index is 691. The molecule has 0 aliphatic rings. The van der Waals surface area contributed by atoms with Gasteiger partial charge in [-0.05, 0) is 28.9 Å². The van der Waals surface area contributed by atoms with Gasteiger partial charge in [-0.2, -0.15) is 0 Å². The van der Waals surface area contributed by atoms with Crippen LogP contribution in [-0.2, 0) is 7.05 Å². The fourth-order valence-electron chi connectivity index (χ4n) is 1.78. The molecular weight excluding hydrogens is 288 g/mol. The lowest BCUT2D eigenvalue weighted by Gasteiger charge is -2.07. The largest absolute Gasteiger partial charge is 0.349 e. The zero-order chi connectivity index (χ0) is 12.7. The predicted molar refractivity (Wildman–Crippen MR) is 68.3 cm³/mol. The summed E-state index contributed by atoms with van der Waals surface area (Å²) in [6, 6.07) is 2.99. The zero-order valence-corrected chi connectivity index (χ0v) is 10.8. The molecule has 0 saturated heterocycles. The van der Waals surface area contributed by atoms with E-state index in [4.69, 9.17) is 0 Å². The number of pyridine rings is 1. The SMILES string of the molecule is Cc1cc2c(cc1[N+](=O)[O-])c(=O)c(Br)cn2C. The van der Waals surface area contributed by atoms with Crippen molar-refractivity contribution in [2.24, 2.45) is 7.05 Å². The van der Waals surface area contributed by atoms with Gasteiger partial charge in [0.25, 0.3) is 5.69 Å². The number of nitro groups is 1. The summed E-state index contributed by atoms with van der Waals surface area (Å²) in [6.07, 6.45) is 1.65. The first-order chi connectivity index (χ1) is 7.91. The highest BCUT2D eigenvalue weighted by molar-refractivity contribution is 9.10. The monoisotopic (exact) mass is 296 g/mol. The van der Waals surface area contributed by atoms with E-state index in [0.29, 0.717) is 20.9 Å². The van der Waals surface area contributed by atoms with E-state index in [0.717, 1.165) is 0 Å². The molecule has 1 heterocycles. The molecular formula is C11H9BrN2O3. The van der Waals surface area contributed by atoms with E-state index < -0.39 is 4.92 Å². The smallest absolute Gasteiger partial charge is 0.273 e. The maximum absolute atomic E-state index is 11.9. The van der Waals surface area contributed by atoms with Crippen LogP contribution in [0.15, 0.2) is 27.6 Å². The van der Waals surface area contributed by atoms with E-state index in [1.807, 2.05) is 0 Å². The van der Waals surface area contributed by atoms with Crippen LogP contribution in [0.4, 0.5) is 5.69 Å². The van der Waals surface area contributed by atoms with Crippen LogP contribution in [0, 0.1) is 17.0 Å². The minimum atomic E-state index is -0.477. The quantitative estimate of drug-likeness (QED) is 0.600. The molecule has 0 amide bonds. The van der Waals surface area contributed by atoms with Crippen LogP contribution < -0.4 is 5.43 Å². The molecule has 1 aromatic carbocycles. The molecule has 2 aromatic rings. The van der Waals surface area contributed by atoms with Gasteiger partial charge in [0, 0.05) is 24.9 Å². The van der Waals surface area contributed by atoms with Gasteiger partial charge < -0.3 is 4.57 Å². The molecule has 0 radical (unpaired) electrons. The lowest BCUT2D eigenvalue weighted by atomic mass is 10.1. The minimum absolute atomic E-state index is 0.0345. The Labute approximate surface area is 105 Å². The number of aryl methyl sites for hydroxylation is 2. The van der Waals surface area contributed by atoms with E-state index >= 15 is 0 Å². The highest BCUT2D eigenvalue weighted by atomic mass is 79.9. The molecule has 1 aromatic heterocycles. The first-order valence-corrected chi connectivity index (χ1v) is 5.65. The number of nitrogens with zero attached hydrogens (tertiary/aromatic N) is 2. The Balaban J connectivity index is 2.99. The van der Waals surface area contributed by atoms with Crippen molar-refractivity contribution in [3.05, 3.63) is 48.7 Å². The first-order valence-electron chi connectivity index (χ1n) is 4.85. The van der Waals surface area contributed by atoms with Gasteiger partial charge in [0.15, 0.2) is 0 Å². The average molecular weight is 297 g/mol. The molecule has 0 aliphatic carbocycles. The molecule has 0 N–H and O–H groups in total. The van der Waals surface area contributed by atoms with E-state index in [1.54, 1.807) is 30.8 Å². The Hall–Kier alpha value is -1.69. The van der Waals surface area contributed by atoms with Gasteiger partial charge in [0.05, 0.1) is 20.3 Å². The third-order valence-corrected chi connectivity index (χ3v) is 3.22. The van der Waals surface area contributed by atoms with Crippen LogP contribution >= 0.6 is 15.9 Å². The molecule has 0 fully saturated rings. The third-order valence-electron chi connectivity index (χ3n) is 2.66. The lowest BCUT2D eigenvalue weighted by molar-refractivity contribution is -0.385. The number of halogens is 1. The number of fused-ring (bicyclic) bond motifs is 1. The summed E-state index contributed by atoms with van der Waals surface area (Å²) >= 11 is 3.14. The van der Waals surface area contributed by atoms with E-state index in [2.05, 4.69) is 15.9 Å². The molecule has 88 valence electrons. The summed E-state index contributed by atoms with van der Waals surface area (Å²) in [5.41, 5.74) is 0.954. The molecule has 2 rings (SSSR count). The molecule has 0 bridgehead atoms. The molecule has 5 nitrogen and oxygen atoms in total. The first kappa shape index (κ1) is 11.8. The van der Waals surface area contributed by atoms with Crippen molar-refractivity contribution in [2.45, 2.75) is 6.92 Å². The molecule has 0 unspecified atom stereocenters. The number of nitro benzene ring substituents is 1. The van der Waals surface area contributed by atoms with Crippen molar-refractivity contribution in [2.75, 3.05) is 0 Å². The second-order valence-electron chi connectivity index (χ2n) is 3.83. The Morgan fingerprint density at radius 3 is 2.65 bits per heavy atom. The van der Waals surface area contributed by atoms with Crippen molar-refractivity contribution in [3.63, 3.8) is 0 Å². The molecule has 0 spiro atoms. The minimum Gasteiger partial charge on any atom is -0.349 e. The Morgan fingerprint density at radius 2 is 2.06 bits per heavy atom. The van der Waals surface area contributed by atoms with Crippen molar-refractivity contribution in [1.82, 2.24) is 4.57 Å². The summed E-state index contributed by atoms with van der Waals surface area (Å²) in [5, 5.41) is 11.2. The summed E-state index contributed by atoms with van der Waals surface area (Å²) < 4.78 is 2.16. The topological polar surface area (TPSA) is 65.1 Å². The van der Waals surface area contributed by atoms with Crippen LogP contribution in [0.2, 0.25) is 0 Å². The number of aromatic nitrogens is 1. The van der Waals surface area contributed by atoms with Crippen molar-refractivity contribution < 1.29 is 4.92 Å². The van der Waals surface area contributed by atoms with E-state index in [1.165, 1.54) is 6.07 Å². The summed E-state index contributed by atoms with van der Waals surface area (Å²) in [5.74, 6) is 0. The van der Waals surface area contributed by atoms with Gasteiger partial charge in [0.2, 0.25) is 5.43 Å². The summed E-state index contributed by atoms with van der Waals surface area (Å²) in [7, 11) is 1.79. The maximum Gasteiger partial charge on any atom is 0.273 e. The Morgan fingerprint density at radius 1 is 1.41 bits per heavy atom. The number of benzene rings is 1. The van der Waals surface area contributed by atoms with E-state index in [-0.39, 0.29) is 11.1 Å². The van der Waals surface area contributed by atoms with Crippen LogP contribution in [0.5, 0.6) is 0 Å². The van der Waals surface area contributed by atoms with Crippen molar-refractivity contribution in [1.29, 1.82) is 0 Å². The van der Waals surface area contributed by atoms with Crippen LogP contribution in [-0.4, -0.2) is 9.49 Å². The average Bonchev–Trinajstić information content (AvgIpc) is 2.25. The number of hydrogen-bond acceptors (Lipinski definition) is 3. The summed E-state index contributed by atoms with van der Waals surface area (Å²) in [6.45, 7) is 1.66. The summed E-state index contributed by atoms with van der Waals surface area (Å²) in [4.78, 5) is 22.2. The predicted octanol–water partition coefficient (Wildman–Crippen LogP) is 2.52. The van der Waals surface area contributed by atoms with Crippen molar-refractivity contribution in [3.8, 4) is 0 Å². The second-order valence-corrected chi connectivity index (χ2v) is 4.68. The number of hydrogen-bond donors (Lipinski definition) is 0. The third kappa shape index (κ3) is 1.84. The molecule has 17 heavy (non-hydrogen) atoms. The van der Waals surface area contributed by atoms with Crippen LogP contribution in [0.3, 0.4) is 0 Å². The second kappa shape index (κ2) is 3.96. The standard InChI is InChI=1S/C11H9BrN2O3/c1-6-3-10-7(4-9(6)14(16)17)11(15)8(12)5-13(10)2/h3-5H,1-2H3. The molecule has 0 aliphatic heterocycles. The lowest BCUT2D eigenvalue weighted by Crippen LogP contribution is -2.09. The van der Waals surface area contributed by atoms with Gasteiger partial charge >= 0.3 is 0 Å². The van der Waals surface area contributed by atoms with Gasteiger partial charge in [-0.25, -0.2) is 0 Å². The molecule has 6 heteroatoms. The fourth-order valence-corrected chi connectivity index (χ4v) is 2.30. The van der Waals surface area contributed by atoms with Gasteiger partial charge in [0.1, 0.15) is 0 Å². The number of rotatable bonds is 1. The zero-order valence-electron chi connectivity index (χ0n) is 9.23. The highest BCUT2D eigenvalue weighted by Gasteiger charge is 2.15. The highest BCUT2D eigenvalue weighted by Crippen LogP contribution is 2.24. The molecule has 0 atom stereocenters. The normalized spacial score (nSPS) is 10.8. The van der Waals surface area contributed by atoms with E-state index in [9.17, 15) is 14.9 Å². The Kier molecular flexibility index (Phi) is 2.74. The molecule has 0 saturated carbocycles. The van der Waals surface area contributed by atoms with Gasteiger partial charge in [-0.3, -0.25) is 14.9 Å². The fraction of sp³-hybridized carbons (Fsp3) is 0.182.